The number of carbonyl (C=O) groups is 1. The molecule has 0 aliphatic carbocycles. The molecule has 1 atom stereocenters. The van der Waals surface area contributed by atoms with Crippen molar-refractivity contribution >= 4 is 29.9 Å². The Bertz CT molecular complexity index is 463. The molecule has 2 N–H and O–H groups in total. The molecule has 0 aliphatic rings. The highest BCUT2D eigenvalue weighted by atomic mass is 35.5. The topological polar surface area (TPSA) is 52.3 Å². The predicted octanol–water partition coefficient (Wildman–Crippen LogP) is 2.65. The van der Waals surface area contributed by atoms with Crippen LogP contribution in [0.15, 0.2) is 18.2 Å². The van der Waals surface area contributed by atoms with Gasteiger partial charge in [-0.15, -0.1) is 18.3 Å². The molecule has 0 fully saturated rings. The van der Waals surface area contributed by atoms with Crippen molar-refractivity contribution < 1.29 is 9.53 Å². The van der Waals surface area contributed by atoms with Crippen LogP contribution < -0.4 is 10.5 Å². The Morgan fingerprint density at radius 3 is 2.71 bits per heavy atom. The normalized spacial score (nSPS) is 10.5. The third-order valence-electron chi connectivity index (χ3n) is 1.86. The number of nitrogens with two attached hydrogens (primary N) is 1. The molecule has 17 heavy (non-hydrogen) atoms. The number of hydrogen-bond acceptors (Lipinski definition) is 2. The predicted molar refractivity (Wildman–Crippen MR) is 70.8 cm³/mol. The summed E-state index contributed by atoms with van der Waals surface area (Å²) < 4.78 is 5.47. The lowest BCUT2D eigenvalue weighted by Gasteiger charge is -2.12. The van der Waals surface area contributed by atoms with Gasteiger partial charge >= 0.3 is 0 Å². The smallest absolute Gasteiger partial charge is 0.252 e. The zero-order valence-electron chi connectivity index (χ0n) is 9.49. The van der Waals surface area contributed by atoms with Crippen molar-refractivity contribution in [1.82, 2.24) is 0 Å². The van der Waals surface area contributed by atoms with Gasteiger partial charge < -0.3 is 10.5 Å². The zero-order chi connectivity index (χ0) is 12.1. The fourth-order valence-corrected chi connectivity index (χ4v) is 1.39. The first-order chi connectivity index (χ1) is 7.54. The van der Waals surface area contributed by atoms with Crippen LogP contribution in [0, 0.1) is 11.8 Å². The van der Waals surface area contributed by atoms with Gasteiger partial charge in [0.1, 0.15) is 5.75 Å². The number of amides is 1. The minimum atomic E-state index is -0.575. The fraction of sp³-hybridized carbons (Fsp3) is 0.250. The average molecular weight is 274 g/mol. The van der Waals surface area contributed by atoms with Crippen LogP contribution in [0.25, 0.3) is 0 Å². The summed E-state index contributed by atoms with van der Waals surface area (Å²) in [6.45, 7) is 3.51. The number of benzene rings is 1. The summed E-state index contributed by atoms with van der Waals surface area (Å²) in [6.07, 6.45) is -0.302. The second-order valence-corrected chi connectivity index (χ2v) is 3.60. The first-order valence-electron chi connectivity index (χ1n) is 4.73. The second-order valence-electron chi connectivity index (χ2n) is 3.16. The lowest BCUT2D eigenvalue weighted by atomic mass is 10.2. The van der Waals surface area contributed by atoms with Crippen LogP contribution in [0.5, 0.6) is 5.75 Å². The van der Waals surface area contributed by atoms with Gasteiger partial charge in [-0.25, -0.2) is 0 Å². The number of hydrogen-bond donors (Lipinski definition) is 1. The molecule has 1 aromatic carbocycles. The summed E-state index contributed by atoms with van der Waals surface area (Å²) >= 11 is 5.77. The van der Waals surface area contributed by atoms with E-state index < -0.39 is 5.91 Å². The number of rotatable bonds is 3. The van der Waals surface area contributed by atoms with Crippen molar-refractivity contribution in [2.75, 3.05) is 0 Å². The SMILES string of the molecule is CC#C[C@H](C)Oc1ccc(Cl)cc1C(N)=O.Cl. The Balaban J connectivity index is 0.00000256. The van der Waals surface area contributed by atoms with Crippen LogP contribution in [0.1, 0.15) is 24.2 Å². The Morgan fingerprint density at radius 2 is 2.18 bits per heavy atom. The number of ether oxygens (including phenoxy) is 1. The van der Waals surface area contributed by atoms with Gasteiger partial charge in [-0.3, -0.25) is 4.79 Å². The Kier molecular flexibility index (Phi) is 6.48. The first-order valence-corrected chi connectivity index (χ1v) is 5.10. The van der Waals surface area contributed by atoms with Crippen molar-refractivity contribution in [3.8, 4) is 17.6 Å². The fourth-order valence-electron chi connectivity index (χ4n) is 1.22. The summed E-state index contributed by atoms with van der Waals surface area (Å²) in [5, 5.41) is 0.440. The van der Waals surface area contributed by atoms with Crippen LogP contribution in [0.3, 0.4) is 0 Å². The van der Waals surface area contributed by atoms with Gasteiger partial charge in [-0.05, 0) is 32.0 Å². The summed E-state index contributed by atoms with van der Waals surface area (Å²) in [5.74, 6) is 5.37. The molecule has 0 aliphatic heterocycles. The van der Waals surface area contributed by atoms with Gasteiger partial charge in [0, 0.05) is 5.02 Å². The minimum absolute atomic E-state index is 0. The number of halogens is 2. The number of primary amides is 1. The van der Waals surface area contributed by atoms with Crippen molar-refractivity contribution in [1.29, 1.82) is 0 Å². The third kappa shape index (κ3) is 4.56. The molecule has 1 amide bonds. The van der Waals surface area contributed by atoms with E-state index in [4.69, 9.17) is 22.1 Å². The molecule has 0 spiro atoms. The van der Waals surface area contributed by atoms with Crippen LogP contribution in [-0.4, -0.2) is 12.0 Å². The highest BCUT2D eigenvalue weighted by Gasteiger charge is 2.11. The van der Waals surface area contributed by atoms with E-state index in [9.17, 15) is 4.79 Å². The lowest BCUT2D eigenvalue weighted by Crippen LogP contribution is -2.16. The molecule has 0 saturated carbocycles. The maximum atomic E-state index is 11.2. The van der Waals surface area contributed by atoms with E-state index in [0.29, 0.717) is 10.8 Å². The van der Waals surface area contributed by atoms with Gasteiger partial charge in [0.25, 0.3) is 5.91 Å². The average Bonchev–Trinajstić information content (AvgIpc) is 2.20. The highest BCUT2D eigenvalue weighted by molar-refractivity contribution is 6.31. The van der Waals surface area contributed by atoms with E-state index in [2.05, 4.69) is 11.8 Å². The van der Waals surface area contributed by atoms with E-state index in [1.165, 1.54) is 6.07 Å². The van der Waals surface area contributed by atoms with E-state index in [1.54, 1.807) is 26.0 Å². The monoisotopic (exact) mass is 273 g/mol. The molecule has 0 heterocycles. The Morgan fingerprint density at radius 1 is 1.53 bits per heavy atom. The molecule has 1 rings (SSSR count). The molecular weight excluding hydrogens is 261 g/mol. The first kappa shape index (κ1) is 15.6. The molecule has 0 radical (unpaired) electrons. The molecule has 0 saturated heterocycles. The standard InChI is InChI=1S/C12H12ClNO2.ClH/c1-3-4-8(2)16-11-6-5-9(13)7-10(11)12(14)15;/h5-8H,1-2H3,(H2,14,15);1H/t8-;/m0./s1. The van der Waals surface area contributed by atoms with Gasteiger partial charge in [0.2, 0.25) is 0 Å². The number of carbonyl (C=O) groups excluding carboxylic acids is 1. The van der Waals surface area contributed by atoms with Crippen molar-refractivity contribution in [2.45, 2.75) is 20.0 Å². The highest BCUT2D eigenvalue weighted by Crippen LogP contribution is 2.23. The molecule has 92 valence electrons. The summed E-state index contributed by atoms with van der Waals surface area (Å²) in [6, 6.07) is 4.72. The Hall–Kier alpha value is -1.37. The molecule has 1 aromatic rings. The van der Waals surface area contributed by atoms with Crippen molar-refractivity contribution in [2.24, 2.45) is 5.73 Å². The van der Waals surface area contributed by atoms with Gasteiger partial charge in [0.05, 0.1) is 5.56 Å². The van der Waals surface area contributed by atoms with Crippen LogP contribution in [0.2, 0.25) is 5.02 Å². The van der Waals surface area contributed by atoms with E-state index in [-0.39, 0.29) is 24.1 Å². The summed E-state index contributed by atoms with van der Waals surface area (Å²) in [5.41, 5.74) is 5.48. The molecular formula is C12H13Cl2NO2. The molecule has 0 unspecified atom stereocenters. The zero-order valence-corrected chi connectivity index (χ0v) is 11.1. The lowest BCUT2D eigenvalue weighted by molar-refractivity contribution is 0.0995. The maximum absolute atomic E-state index is 11.2. The van der Waals surface area contributed by atoms with Crippen molar-refractivity contribution in [3.05, 3.63) is 28.8 Å². The molecule has 5 heteroatoms. The van der Waals surface area contributed by atoms with Crippen LogP contribution in [-0.2, 0) is 0 Å². The van der Waals surface area contributed by atoms with Gasteiger partial charge in [0.15, 0.2) is 6.10 Å². The molecule has 0 bridgehead atoms. The minimum Gasteiger partial charge on any atom is -0.477 e. The Labute approximate surface area is 112 Å². The molecule has 0 aromatic heterocycles. The van der Waals surface area contributed by atoms with E-state index in [0.717, 1.165) is 0 Å². The van der Waals surface area contributed by atoms with Crippen LogP contribution >= 0.6 is 24.0 Å². The van der Waals surface area contributed by atoms with E-state index in [1.807, 2.05) is 0 Å². The molecule has 3 nitrogen and oxygen atoms in total. The van der Waals surface area contributed by atoms with Crippen molar-refractivity contribution in [3.63, 3.8) is 0 Å². The summed E-state index contributed by atoms with van der Waals surface area (Å²) in [7, 11) is 0. The third-order valence-corrected chi connectivity index (χ3v) is 2.09. The summed E-state index contributed by atoms with van der Waals surface area (Å²) in [4.78, 5) is 11.2. The maximum Gasteiger partial charge on any atom is 0.252 e. The van der Waals surface area contributed by atoms with Gasteiger partial charge in [-0.2, -0.15) is 0 Å². The largest absolute Gasteiger partial charge is 0.477 e. The van der Waals surface area contributed by atoms with E-state index >= 15 is 0 Å². The van der Waals surface area contributed by atoms with Gasteiger partial charge in [-0.1, -0.05) is 17.5 Å². The quantitative estimate of drug-likeness (QED) is 0.861. The van der Waals surface area contributed by atoms with Crippen LogP contribution in [0.4, 0.5) is 0 Å². The second kappa shape index (κ2) is 7.05.